The van der Waals surface area contributed by atoms with Crippen LogP contribution in [0.1, 0.15) is 11.3 Å². The monoisotopic (exact) mass is 241 g/mol. The molecule has 0 saturated carbocycles. The van der Waals surface area contributed by atoms with Crippen LogP contribution in [0.2, 0.25) is 0 Å². The summed E-state index contributed by atoms with van der Waals surface area (Å²) in [5.74, 6) is 4.37. The Bertz CT molecular complexity index is 732. The first kappa shape index (κ1) is 11.9. The molecule has 1 aromatic carbocycles. The molecule has 0 aliphatic carbocycles. The molecular weight excluding hydrogens is 230 g/mol. The molecule has 0 spiro atoms. The second-order valence-electron chi connectivity index (χ2n) is 3.82. The first-order chi connectivity index (χ1) is 8.60. The molecular formula is C14H11NO3. The molecule has 0 amide bonds. The van der Waals surface area contributed by atoms with Crippen LogP contribution in [-0.2, 0) is 9.53 Å². The lowest BCUT2D eigenvalue weighted by Gasteiger charge is -2.00. The van der Waals surface area contributed by atoms with Crippen LogP contribution >= 0.6 is 0 Å². The highest BCUT2D eigenvalue weighted by Crippen LogP contribution is 2.10. The van der Waals surface area contributed by atoms with E-state index >= 15 is 0 Å². The van der Waals surface area contributed by atoms with E-state index in [0.29, 0.717) is 10.9 Å². The van der Waals surface area contributed by atoms with Crippen molar-refractivity contribution >= 4 is 16.9 Å². The Morgan fingerprint density at radius 3 is 2.83 bits per heavy atom. The number of aromatic amines is 1. The lowest BCUT2D eigenvalue weighted by molar-refractivity contribution is -0.133. The second kappa shape index (κ2) is 4.76. The van der Waals surface area contributed by atoms with Crippen LogP contribution < -0.4 is 5.43 Å². The summed E-state index contributed by atoms with van der Waals surface area (Å²) in [6.45, 7) is 1.83. The van der Waals surface area contributed by atoms with Crippen molar-refractivity contribution in [2.75, 3.05) is 7.11 Å². The third kappa shape index (κ3) is 2.41. The number of rotatable bonds is 0. The van der Waals surface area contributed by atoms with Crippen molar-refractivity contribution in [3.05, 3.63) is 45.7 Å². The number of H-pyrrole nitrogens is 1. The van der Waals surface area contributed by atoms with Gasteiger partial charge in [0.25, 0.3) is 0 Å². The Hall–Kier alpha value is -2.54. The summed E-state index contributed by atoms with van der Waals surface area (Å²) in [4.78, 5) is 25.8. The van der Waals surface area contributed by atoms with Crippen LogP contribution in [0.25, 0.3) is 10.9 Å². The molecule has 90 valence electrons. The topological polar surface area (TPSA) is 59.2 Å². The molecule has 0 aliphatic rings. The van der Waals surface area contributed by atoms with Gasteiger partial charge in [0.1, 0.15) is 0 Å². The van der Waals surface area contributed by atoms with E-state index in [-0.39, 0.29) is 5.43 Å². The number of ether oxygens (including phenoxy) is 1. The summed E-state index contributed by atoms with van der Waals surface area (Å²) in [6, 6.07) is 6.70. The van der Waals surface area contributed by atoms with E-state index in [1.807, 2.05) is 6.92 Å². The van der Waals surface area contributed by atoms with E-state index in [0.717, 1.165) is 11.2 Å². The average molecular weight is 241 g/mol. The van der Waals surface area contributed by atoms with Crippen molar-refractivity contribution < 1.29 is 9.53 Å². The van der Waals surface area contributed by atoms with Gasteiger partial charge in [-0.05, 0) is 25.1 Å². The van der Waals surface area contributed by atoms with Crippen molar-refractivity contribution in [2.24, 2.45) is 0 Å². The van der Waals surface area contributed by atoms with Gasteiger partial charge in [0.2, 0.25) is 0 Å². The van der Waals surface area contributed by atoms with Crippen molar-refractivity contribution in [2.45, 2.75) is 6.92 Å². The summed E-state index contributed by atoms with van der Waals surface area (Å²) in [6.07, 6.45) is 0. The van der Waals surface area contributed by atoms with E-state index in [9.17, 15) is 9.59 Å². The maximum atomic E-state index is 11.8. The maximum absolute atomic E-state index is 11.8. The fourth-order valence-electron chi connectivity index (χ4n) is 1.63. The Morgan fingerprint density at radius 2 is 2.11 bits per heavy atom. The van der Waals surface area contributed by atoms with Gasteiger partial charge in [0, 0.05) is 34.1 Å². The van der Waals surface area contributed by atoms with Crippen LogP contribution in [-0.4, -0.2) is 18.1 Å². The molecule has 0 bridgehead atoms. The molecule has 0 aliphatic heterocycles. The number of aryl methyl sites for hydroxylation is 1. The zero-order valence-electron chi connectivity index (χ0n) is 10.0. The fraction of sp³-hybridized carbons (Fsp3) is 0.143. The molecule has 0 saturated heterocycles. The lowest BCUT2D eigenvalue weighted by Crippen LogP contribution is -2.03. The molecule has 2 rings (SSSR count). The van der Waals surface area contributed by atoms with E-state index in [4.69, 9.17) is 0 Å². The molecule has 0 radical (unpaired) electrons. The van der Waals surface area contributed by atoms with Gasteiger partial charge in [-0.25, -0.2) is 4.79 Å². The number of aromatic nitrogens is 1. The summed E-state index contributed by atoms with van der Waals surface area (Å²) < 4.78 is 4.42. The van der Waals surface area contributed by atoms with Gasteiger partial charge in [-0.1, -0.05) is 5.92 Å². The molecule has 0 fully saturated rings. The van der Waals surface area contributed by atoms with E-state index in [1.54, 1.807) is 18.2 Å². The van der Waals surface area contributed by atoms with E-state index in [2.05, 4.69) is 21.6 Å². The smallest absolute Gasteiger partial charge is 0.384 e. The Morgan fingerprint density at radius 1 is 1.33 bits per heavy atom. The largest absolute Gasteiger partial charge is 0.459 e. The number of nitrogens with one attached hydrogen (secondary N) is 1. The van der Waals surface area contributed by atoms with Crippen molar-refractivity contribution in [3.63, 3.8) is 0 Å². The third-order valence-electron chi connectivity index (χ3n) is 2.46. The van der Waals surface area contributed by atoms with Gasteiger partial charge >= 0.3 is 5.97 Å². The first-order valence-corrected chi connectivity index (χ1v) is 5.34. The second-order valence-corrected chi connectivity index (χ2v) is 3.82. The number of fused-ring (bicyclic) bond motifs is 1. The molecule has 18 heavy (non-hydrogen) atoms. The zero-order valence-corrected chi connectivity index (χ0v) is 10.0. The Labute approximate surface area is 104 Å². The zero-order chi connectivity index (χ0) is 13.1. The number of carbonyl (C=O) groups is 1. The normalized spacial score (nSPS) is 9.67. The number of esters is 1. The molecule has 0 unspecified atom stereocenters. The minimum absolute atomic E-state index is 0.0667. The van der Waals surface area contributed by atoms with Crippen LogP contribution in [0.3, 0.4) is 0 Å². The van der Waals surface area contributed by atoms with Gasteiger partial charge in [0.15, 0.2) is 5.43 Å². The number of carbonyl (C=O) groups excluding carboxylic acids is 1. The van der Waals surface area contributed by atoms with Gasteiger partial charge < -0.3 is 9.72 Å². The predicted molar refractivity (Wildman–Crippen MR) is 68.2 cm³/mol. The highest BCUT2D eigenvalue weighted by Gasteiger charge is 2.00. The van der Waals surface area contributed by atoms with Gasteiger partial charge in [-0.2, -0.15) is 0 Å². The minimum Gasteiger partial charge on any atom is -0.459 e. The number of hydrogen-bond donors (Lipinski definition) is 1. The maximum Gasteiger partial charge on any atom is 0.384 e. The number of hydrogen-bond acceptors (Lipinski definition) is 3. The highest BCUT2D eigenvalue weighted by molar-refractivity contribution is 5.89. The molecule has 1 aromatic heterocycles. The van der Waals surface area contributed by atoms with Crippen molar-refractivity contribution in [3.8, 4) is 11.8 Å². The summed E-state index contributed by atoms with van der Waals surface area (Å²) in [5, 5.41) is 0.553. The number of methoxy groups -OCH3 is 1. The van der Waals surface area contributed by atoms with Crippen LogP contribution in [0.4, 0.5) is 0 Å². The van der Waals surface area contributed by atoms with Crippen molar-refractivity contribution in [1.29, 1.82) is 0 Å². The van der Waals surface area contributed by atoms with Gasteiger partial charge in [-0.3, -0.25) is 4.79 Å². The molecule has 1 heterocycles. The lowest BCUT2D eigenvalue weighted by atomic mass is 10.1. The molecule has 4 nitrogen and oxygen atoms in total. The fourth-order valence-corrected chi connectivity index (χ4v) is 1.63. The highest BCUT2D eigenvalue weighted by atomic mass is 16.5. The Kier molecular flexibility index (Phi) is 3.16. The number of benzene rings is 1. The Balaban J connectivity index is 2.53. The standard InChI is InChI=1S/C14H11NO3/c1-9-7-13(16)11-8-10(3-5-12(11)15-9)4-6-14(17)18-2/h3,5,7-8H,1-2H3,(H,15,16). The van der Waals surface area contributed by atoms with Crippen LogP contribution in [0, 0.1) is 18.8 Å². The van der Waals surface area contributed by atoms with Gasteiger partial charge in [0.05, 0.1) is 7.11 Å². The van der Waals surface area contributed by atoms with Crippen LogP contribution in [0.15, 0.2) is 29.1 Å². The quantitative estimate of drug-likeness (QED) is 0.559. The molecule has 2 aromatic rings. The summed E-state index contributed by atoms with van der Waals surface area (Å²) in [5.41, 5.74) is 2.09. The summed E-state index contributed by atoms with van der Waals surface area (Å²) in [7, 11) is 1.27. The molecule has 1 N–H and O–H groups in total. The van der Waals surface area contributed by atoms with E-state index < -0.39 is 5.97 Å². The minimum atomic E-state index is -0.604. The van der Waals surface area contributed by atoms with Crippen LogP contribution in [0.5, 0.6) is 0 Å². The third-order valence-corrected chi connectivity index (χ3v) is 2.46. The molecule has 4 heteroatoms. The first-order valence-electron chi connectivity index (χ1n) is 5.34. The van der Waals surface area contributed by atoms with Crippen molar-refractivity contribution in [1.82, 2.24) is 4.98 Å². The average Bonchev–Trinajstić information content (AvgIpc) is 2.36. The molecule has 0 atom stereocenters. The SMILES string of the molecule is COC(=O)C#Cc1ccc2[nH]c(C)cc(=O)c2c1. The van der Waals surface area contributed by atoms with E-state index in [1.165, 1.54) is 13.2 Å². The summed E-state index contributed by atoms with van der Waals surface area (Å²) >= 11 is 0. The number of pyridine rings is 1. The van der Waals surface area contributed by atoms with Gasteiger partial charge in [-0.15, -0.1) is 0 Å². The predicted octanol–water partition coefficient (Wildman–Crippen LogP) is 1.36.